The summed E-state index contributed by atoms with van der Waals surface area (Å²) in [6, 6.07) is 7.80. The van der Waals surface area contributed by atoms with Gasteiger partial charge in [-0.15, -0.1) is 0 Å². The van der Waals surface area contributed by atoms with Crippen molar-refractivity contribution in [2.45, 2.75) is 33.1 Å². The molecule has 1 aromatic heterocycles. The van der Waals surface area contributed by atoms with Gasteiger partial charge in [-0.1, -0.05) is 32.0 Å². The monoisotopic (exact) mass is 284 g/mol. The molecule has 0 saturated heterocycles. The minimum Gasteiger partial charge on any atom is -0.330 e. The van der Waals surface area contributed by atoms with Crippen molar-refractivity contribution < 1.29 is 4.79 Å². The van der Waals surface area contributed by atoms with Crippen LogP contribution in [0.5, 0.6) is 0 Å². The Hall–Kier alpha value is -1.74. The van der Waals surface area contributed by atoms with E-state index >= 15 is 0 Å². The van der Waals surface area contributed by atoms with E-state index < -0.39 is 0 Å². The molecule has 0 aliphatic heterocycles. The zero-order valence-electron chi connectivity index (χ0n) is 12.9. The highest BCUT2D eigenvalue weighted by atomic mass is 16.1. The van der Waals surface area contributed by atoms with E-state index in [0.717, 1.165) is 29.2 Å². The molecule has 0 radical (unpaired) electrons. The second-order valence-corrected chi connectivity index (χ2v) is 5.95. The average Bonchev–Trinajstić information content (AvgIpc) is 2.50. The van der Waals surface area contributed by atoms with Crippen molar-refractivity contribution in [3.63, 3.8) is 0 Å². The molecular weight excluding hydrogens is 260 g/mol. The predicted octanol–water partition coefficient (Wildman–Crippen LogP) is 3.82. The largest absolute Gasteiger partial charge is 0.330 e. The number of carbonyl (C=O) groups excluding carboxylic acids is 1. The lowest BCUT2D eigenvalue weighted by atomic mass is 9.86. The lowest BCUT2D eigenvalue weighted by Crippen LogP contribution is -2.16. The van der Waals surface area contributed by atoms with E-state index in [0.29, 0.717) is 24.8 Å². The summed E-state index contributed by atoms with van der Waals surface area (Å²) in [4.78, 5) is 16.7. The standard InChI is InChI=1S/C18H24N2O/c1-13(2)14(8-10-19)6-7-18(21)16-5-3-4-15-9-11-20-12-17(15)16/h3-5,9,11-14H,6-8,10,19H2,1-2H3. The van der Waals surface area contributed by atoms with Gasteiger partial charge in [0.25, 0.3) is 0 Å². The van der Waals surface area contributed by atoms with Gasteiger partial charge in [0.2, 0.25) is 0 Å². The van der Waals surface area contributed by atoms with Crippen molar-refractivity contribution in [2.24, 2.45) is 17.6 Å². The van der Waals surface area contributed by atoms with Crippen LogP contribution in [-0.2, 0) is 0 Å². The van der Waals surface area contributed by atoms with Crippen molar-refractivity contribution in [1.29, 1.82) is 0 Å². The molecule has 1 atom stereocenters. The first-order chi connectivity index (χ1) is 10.1. The lowest BCUT2D eigenvalue weighted by molar-refractivity contribution is 0.0970. The van der Waals surface area contributed by atoms with E-state index in [1.807, 2.05) is 24.3 Å². The van der Waals surface area contributed by atoms with E-state index in [4.69, 9.17) is 5.73 Å². The summed E-state index contributed by atoms with van der Waals surface area (Å²) in [5, 5.41) is 2.02. The number of hydrogen-bond donors (Lipinski definition) is 1. The molecule has 1 heterocycles. The number of pyridine rings is 1. The Morgan fingerprint density at radius 1 is 1.24 bits per heavy atom. The topological polar surface area (TPSA) is 56.0 Å². The first-order valence-electron chi connectivity index (χ1n) is 7.69. The summed E-state index contributed by atoms with van der Waals surface area (Å²) in [5.74, 6) is 1.29. The number of hydrogen-bond acceptors (Lipinski definition) is 3. The van der Waals surface area contributed by atoms with Crippen molar-refractivity contribution in [3.8, 4) is 0 Å². The third-order valence-electron chi connectivity index (χ3n) is 4.21. The minimum absolute atomic E-state index is 0.205. The van der Waals surface area contributed by atoms with Crippen LogP contribution in [-0.4, -0.2) is 17.3 Å². The SMILES string of the molecule is CC(C)C(CCN)CCC(=O)c1cccc2ccncc12. The zero-order chi connectivity index (χ0) is 15.2. The van der Waals surface area contributed by atoms with Crippen molar-refractivity contribution in [3.05, 3.63) is 42.2 Å². The summed E-state index contributed by atoms with van der Waals surface area (Å²) in [6.07, 6.45) is 6.01. The third-order valence-corrected chi connectivity index (χ3v) is 4.21. The quantitative estimate of drug-likeness (QED) is 0.786. The molecule has 2 N–H and O–H groups in total. The highest BCUT2D eigenvalue weighted by Crippen LogP contribution is 2.24. The predicted molar refractivity (Wildman–Crippen MR) is 87.3 cm³/mol. The van der Waals surface area contributed by atoms with Crippen molar-refractivity contribution >= 4 is 16.6 Å². The van der Waals surface area contributed by atoms with Gasteiger partial charge in [-0.25, -0.2) is 0 Å². The number of aromatic nitrogens is 1. The molecule has 0 amide bonds. The fourth-order valence-electron chi connectivity index (χ4n) is 2.83. The fraction of sp³-hybridized carbons (Fsp3) is 0.444. The second kappa shape index (κ2) is 7.32. The van der Waals surface area contributed by atoms with Crippen LogP contribution in [0.3, 0.4) is 0 Å². The van der Waals surface area contributed by atoms with E-state index in [1.165, 1.54) is 0 Å². The van der Waals surface area contributed by atoms with Gasteiger partial charge < -0.3 is 5.73 Å². The van der Waals surface area contributed by atoms with Gasteiger partial charge in [-0.05, 0) is 42.7 Å². The molecule has 21 heavy (non-hydrogen) atoms. The Morgan fingerprint density at radius 2 is 2.05 bits per heavy atom. The van der Waals surface area contributed by atoms with Crippen LogP contribution in [0.2, 0.25) is 0 Å². The Kier molecular flexibility index (Phi) is 5.45. The van der Waals surface area contributed by atoms with E-state index in [2.05, 4.69) is 18.8 Å². The first-order valence-corrected chi connectivity index (χ1v) is 7.69. The van der Waals surface area contributed by atoms with Crippen LogP contribution in [0, 0.1) is 11.8 Å². The number of ketones is 1. The number of fused-ring (bicyclic) bond motifs is 1. The first kappa shape index (κ1) is 15.6. The van der Waals surface area contributed by atoms with Crippen LogP contribution >= 0.6 is 0 Å². The molecule has 0 saturated carbocycles. The Labute approximate surface area is 126 Å². The van der Waals surface area contributed by atoms with Gasteiger partial charge in [0.15, 0.2) is 5.78 Å². The minimum atomic E-state index is 0.205. The highest BCUT2D eigenvalue weighted by molar-refractivity contribution is 6.07. The van der Waals surface area contributed by atoms with Gasteiger partial charge in [0.1, 0.15) is 0 Å². The maximum atomic E-state index is 12.5. The van der Waals surface area contributed by atoms with Crippen LogP contribution in [0.25, 0.3) is 10.8 Å². The third kappa shape index (κ3) is 3.88. The van der Waals surface area contributed by atoms with Gasteiger partial charge >= 0.3 is 0 Å². The molecule has 3 nitrogen and oxygen atoms in total. The Morgan fingerprint density at radius 3 is 2.76 bits per heavy atom. The van der Waals surface area contributed by atoms with Crippen LogP contribution < -0.4 is 5.73 Å². The average molecular weight is 284 g/mol. The van der Waals surface area contributed by atoms with Crippen LogP contribution in [0.1, 0.15) is 43.5 Å². The maximum absolute atomic E-state index is 12.5. The van der Waals surface area contributed by atoms with Gasteiger partial charge in [-0.3, -0.25) is 9.78 Å². The summed E-state index contributed by atoms with van der Waals surface area (Å²) >= 11 is 0. The molecule has 1 aromatic carbocycles. The molecule has 3 heteroatoms. The molecule has 112 valence electrons. The maximum Gasteiger partial charge on any atom is 0.163 e. The molecule has 0 aliphatic rings. The zero-order valence-corrected chi connectivity index (χ0v) is 12.9. The Balaban J connectivity index is 2.12. The number of carbonyl (C=O) groups is 1. The Bertz CT molecular complexity index is 602. The fourth-order valence-corrected chi connectivity index (χ4v) is 2.83. The molecule has 1 unspecified atom stereocenters. The molecular formula is C18H24N2O. The summed E-state index contributed by atoms with van der Waals surface area (Å²) in [7, 11) is 0. The second-order valence-electron chi connectivity index (χ2n) is 5.95. The number of nitrogens with zero attached hydrogens (tertiary/aromatic N) is 1. The van der Waals surface area contributed by atoms with Crippen molar-refractivity contribution in [2.75, 3.05) is 6.54 Å². The van der Waals surface area contributed by atoms with Gasteiger partial charge in [-0.2, -0.15) is 0 Å². The van der Waals surface area contributed by atoms with Crippen LogP contribution in [0.15, 0.2) is 36.7 Å². The molecule has 2 aromatic rings. The number of benzene rings is 1. The van der Waals surface area contributed by atoms with E-state index in [1.54, 1.807) is 12.4 Å². The summed E-state index contributed by atoms with van der Waals surface area (Å²) in [5.41, 5.74) is 6.45. The van der Waals surface area contributed by atoms with Crippen LogP contribution in [0.4, 0.5) is 0 Å². The molecule has 0 bridgehead atoms. The number of Topliss-reactive ketones (excluding diaryl/α,β-unsaturated/α-hetero) is 1. The lowest BCUT2D eigenvalue weighted by Gasteiger charge is -2.19. The van der Waals surface area contributed by atoms with E-state index in [-0.39, 0.29) is 5.78 Å². The molecule has 0 fully saturated rings. The van der Waals surface area contributed by atoms with Gasteiger partial charge in [0, 0.05) is 29.8 Å². The number of rotatable bonds is 7. The van der Waals surface area contributed by atoms with Gasteiger partial charge in [0.05, 0.1) is 0 Å². The molecule has 0 spiro atoms. The van der Waals surface area contributed by atoms with E-state index in [9.17, 15) is 4.79 Å². The normalized spacial score (nSPS) is 12.8. The molecule has 0 aliphatic carbocycles. The number of nitrogens with two attached hydrogens (primary N) is 1. The highest BCUT2D eigenvalue weighted by Gasteiger charge is 2.16. The van der Waals surface area contributed by atoms with Crippen molar-refractivity contribution in [1.82, 2.24) is 4.98 Å². The molecule has 2 rings (SSSR count). The smallest absolute Gasteiger partial charge is 0.163 e. The summed E-state index contributed by atoms with van der Waals surface area (Å²) < 4.78 is 0. The summed E-state index contributed by atoms with van der Waals surface area (Å²) in [6.45, 7) is 5.09.